The minimum atomic E-state index is -0.600. The minimum Gasteiger partial charge on any atom is -0.369 e. The number of hydrogen-bond acceptors (Lipinski definition) is 2. The van der Waals surface area contributed by atoms with Crippen molar-refractivity contribution in [2.75, 3.05) is 13.1 Å². The summed E-state index contributed by atoms with van der Waals surface area (Å²) in [7, 11) is 0. The number of nitrogens with two attached hydrogens (primary N) is 1. The van der Waals surface area contributed by atoms with Crippen molar-refractivity contribution in [2.45, 2.75) is 20.3 Å². The average molecular weight is 325 g/mol. The Kier molecular flexibility index (Phi) is 3.67. The molecule has 0 spiro atoms. The number of hydrogen-bond donors (Lipinski definition) is 1. The van der Waals surface area contributed by atoms with E-state index in [2.05, 4.69) is 15.9 Å². The van der Waals surface area contributed by atoms with Crippen molar-refractivity contribution in [1.82, 2.24) is 4.90 Å². The molecule has 1 fully saturated rings. The minimum absolute atomic E-state index is 0.0503. The molecule has 2 rings (SSSR count). The lowest BCUT2D eigenvalue weighted by atomic mass is 9.89. The normalized spacial score (nSPS) is 22.6. The fourth-order valence-electron chi connectivity index (χ4n) is 2.24. The van der Waals surface area contributed by atoms with Gasteiger partial charge in [-0.1, -0.05) is 22.0 Å². The molecule has 0 aromatic heterocycles. The number of likely N-dealkylation sites (tertiary alicyclic amines) is 1. The first-order valence-electron chi connectivity index (χ1n) is 6.19. The van der Waals surface area contributed by atoms with E-state index in [1.165, 1.54) is 0 Å². The van der Waals surface area contributed by atoms with Gasteiger partial charge in [-0.2, -0.15) is 0 Å². The number of primary amides is 1. The Balaban J connectivity index is 2.18. The van der Waals surface area contributed by atoms with Crippen molar-refractivity contribution in [3.8, 4) is 0 Å². The summed E-state index contributed by atoms with van der Waals surface area (Å²) in [4.78, 5) is 25.5. The van der Waals surface area contributed by atoms with Crippen LogP contribution in [-0.4, -0.2) is 29.8 Å². The molecule has 1 atom stereocenters. The third-order valence-corrected chi connectivity index (χ3v) is 4.63. The molecule has 1 aliphatic rings. The first kappa shape index (κ1) is 14.1. The lowest BCUT2D eigenvalue weighted by Crippen LogP contribution is -2.38. The van der Waals surface area contributed by atoms with Gasteiger partial charge in [-0.3, -0.25) is 9.59 Å². The van der Waals surface area contributed by atoms with Crippen LogP contribution in [0.25, 0.3) is 0 Å². The number of nitrogens with zero attached hydrogens (tertiary/aromatic N) is 1. The van der Waals surface area contributed by atoms with Crippen molar-refractivity contribution in [2.24, 2.45) is 11.1 Å². The van der Waals surface area contributed by atoms with Crippen molar-refractivity contribution in [1.29, 1.82) is 0 Å². The van der Waals surface area contributed by atoms with Crippen molar-refractivity contribution in [3.63, 3.8) is 0 Å². The van der Waals surface area contributed by atoms with E-state index in [1.54, 1.807) is 4.90 Å². The molecule has 1 heterocycles. The molecule has 2 N–H and O–H groups in total. The predicted molar refractivity (Wildman–Crippen MR) is 76.7 cm³/mol. The zero-order valence-electron chi connectivity index (χ0n) is 11.1. The van der Waals surface area contributed by atoms with Crippen LogP contribution in [0, 0.1) is 12.3 Å². The number of carbonyl (C=O) groups excluding carboxylic acids is 2. The van der Waals surface area contributed by atoms with E-state index in [0.717, 1.165) is 10.0 Å². The first-order valence-corrected chi connectivity index (χ1v) is 6.98. The standard InChI is InChI=1S/C14H17BrN2O2/c1-9-3-4-10(7-11(9)15)12(18)17-6-5-14(2,8-17)13(16)19/h3-4,7H,5-6,8H2,1-2H3,(H2,16,19). The van der Waals surface area contributed by atoms with Crippen molar-refractivity contribution < 1.29 is 9.59 Å². The van der Waals surface area contributed by atoms with E-state index in [4.69, 9.17) is 5.73 Å². The summed E-state index contributed by atoms with van der Waals surface area (Å²) in [6, 6.07) is 5.53. The molecule has 5 heteroatoms. The summed E-state index contributed by atoms with van der Waals surface area (Å²) in [6.45, 7) is 4.75. The Morgan fingerprint density at radius 3 is 2.63 bits per heavy atom. The molecule has 0 saturated carbocycles. The number of rotatable bonds is 2. The zero-order valence-corrected chi connectivity index (χ0v) is 12.7. The molecule has 0 radical (unpaired) electrons. The van der Waals surface area contributed by atoms with Crippen LogP contribution >= 0.6 is 15.9 Å². The van der Waals surface area contributed by atoms with Crippen LogP contribution in [0.4, 0.5) is 0 Å². The van der Waals surface area contributed by atoms with Crippen LogP contribution in [-0.2, 0) is 4.79 Å². The molecule has 19 heavy (non-hydrogen) atoms. The molecular weight excluding hydrogens is 308 g/mol. The Labute approximate surface area is 121 Å². The van der Waals surface area contributed by atoms with Gasteiger partial charge in [-0.25, -0.2) is 0 Å². The van der Waals surface area contributed by atoms with Crippen LogP contribution in [0.15, 0.2) is 22.7 Å². The third-order valence-electron chi connectivity index (χ3n) is 3.77. The highest BCUT2D eigenvalue weighted by Gasteiger charge is 2.40. The van der Waals surface area contributed by atoms with E-state index >= 15 is 0 Å². The summed E-state index contributed by atoms with van der Waals surface area (Å²) in [6.07, 6.45) is 0.626. The van der Waals surface area contributed by atoms with Crippen LogP contribution in [0.5, 0.6) is 0 Å². The molecule has 1 saturated heterocycles. The Bertz CT molecular complexity index is 544. The van der Waals surface area contributed by atoms with Crippen molar-refractivity contribution in [3.05, 3.63) is 33.8 Å². The van der Waals surface area contributed by atoms with Gasteiger partial charge in [0, 0.05) is 23.1 Å². The maximum Gasteiger partial charge on any atom is 0.253 e. The van der Waals surface area contributed by atoms with E-state index < -0.39 is 5.41 Å². The topological polar surface area (TPSA) is 63.4 Å². The first-order chi connectivity index (χ1) is 8.83. The van der Waals surface area contributed by atoms with Gasteiger partial charge < -0.3 is 10.6 Å². The summed E-state index contributed by atoms with van der Waals surface area (Å²) in [5, 5.41) is 0. The quantitative estimate of drug-likeness (QED) is 0.905. The molecule has 4 nitrogen and oxygen atoms in total. The van der Waals surface area contributed by atoms with Crippen LogP contribution in [0.2, 0.25) is 0 Å². The fourth-order valence-corrected chi connectivity index (χ4v) is 2.62. The average Bonchev–Trinajstić information content (AvgIpc) is 2.76. The summed E-state index contributed by atoms with van der Waals surface area (Å²) >= 11 is 3.42. The van der Waals surface area contributed by atoms with Gasteiger partial charge in [0.1, 0.15) is 0 Å². The molecule has 1 aliphatic heterocycles. The largest absolute Gasteiger partial charge is 0.369 e. The SMILES string of the molecule is Cc1ccc(C(=O)N2CCC(C)(C(N)=O)C2)cc1Br. The Morgan fingerprint density at radius 2 is 2.11 bits per heavy atom. The van der Waals surface area contributed by atoms with Gasteiger partial charge in [-0.15, -0.1) is 0 Å². The second-order valence-electron chi connectivity index (χ2n) is 5.37. The van der Waals surface area contributed by atoms with Gasteiger partial charge in [0.15, 0.2) is 0 Å². The monoisotopic (exact) mass is 324 g/mol. The molecular formula is C14H17BrN2O2. The molecule has 0 bridgehead atoms. The second-order valence-corrected chi connectivity index (χ2v) is 6.22. The van der Waals surface area contributed by atoms with Crippen LogP contribution in [0.1, 0.15) is 29.3 Å². The predicted octanol–water partition coefficient (Wildman–Crippen LogP) is 2.10. The lowest BCUT2D eigenvalue weighted by Gasteiger charge is -2.21. The Morgan fingerprint density at radius 1 is 1.42 bits per heavy atom. The highest BCUT2D eigenvalue weighted by molar-refractivity contribution is 9.10. The molecule has 1 aromatic rings. The van der Waals surface area contributed by atoms with E-state index in [-0.39, 0.29) is 11.8 Å². The van der Waals surface area contributed by atoms with Crippen molar-refractivity contribution >= 4 is 27.7 Å². The highest BCUT2D eigenvalue weighted by Crippen LogP contribution is 2.30. The number of benzene rings is 1. The molecule has 0 aliphatic carbocycles. The number of aryl methyl sites for hydroxylation is 1. The van der Waals surface area contributed by atoms with Crippen LogP contribution in [0.3, 0.4) is 0 Å². The van der Waals surface area contributed by atoms with E-state index in [1.807, 2.05) is 32.0 Å². The van der Waals surface area contributed by atoms with Gasteiger partial charge in [0.05, 0.1) is 5.41 Å². The van der Waals surface area contributed by atoms with Gasteiger partial charge >= 0.3 is 0 Å². The van der Waals surface area contributed by atoms with E-state index in [0.29, 0.717) is 25.1 Å². The number of amides is 2. The summed E-state index contributed by atoms with van der Waals surface area (Å²) in [5.74, 6) is -0.390. The zero-order chi connectivity index (χ0) is 14.2. The summed E-state index contributed by atoms with van der Waals surface area (Å²) < 4.78 is 0.912. The molecule has 1 aromatic carbocycles. The highest BCUT2D eigenvalue weighted by atomic mass is 79.9. The smallest absolute Gasteiger partial charge is 0.253 e. The fraction of sp³-hybridized carbons (Fsp3) is 0.429. The third kappa shape index (κ3) is 2.66. The number of halogens is 1. The van der Waals surface area contributed by atoms with Crippen LogP contribution < -0.4 is 5.73 Å². The van der Waals surface area contributed by atoms with Gasteiger partial charge in [0.2, 0.25) is 5.91 Å². The maximum atomic E-state index is 12.4. The molecule has 1 unspecified atom stereocenters. The maximum absolute atomic E-state index is 12.4. The van der Waals surface area contributed by atoms with E-state index in [9.17, 15) is 9.59 Å². The van der Waals surface area contributed by atoms with Gasteiger partial charge in [-0.05, 0) is 38.0 Å². The summed E-state index contributed by atoms with van der Waals surface area (Å²) in [5.41, 5.74) is 6.51. The van der Waals surface area contributed by atoms with Gasteiger partial charge in [0.25, 0.3) is 5.91 Å². The molecule has 102 valence electrons. The Hall–Kier alpha value is -1.36. The molecule has 2 amide bonds. The number of carbonyl (C=O) groups is 2. The second kappa shape index (κ2) is 4.96. The lowest BCUT2D eigenvalue weighted by molar-refractivity contribution is -0.126.